The van der Waals surface area contributed by atoms with E-state index < -0.39 is 21.5 Å². The number of hydrogen-bond acceptors (Lipinski definition) is 4. The molecule has 0 aromatic heterocycles. The maximum atomic E-state index is 11.2. The number of rotatable bonds is 13. The number of aliphatic hydroxyl groups excluding tert-OH is 1. The van der Waals surface area contributed by atoms with Crippen molar-refractivity contribution in [2.75, 3.05) is 0 Å². The predicted octanol–water partition coefficient (Wildman–Crippen LogP) is 0.596. The summed E-state index contributed by atoms with van der Waals surface area (Å²) < 4.78 is 33.7. The Morgan fingerprint density at radius 2 is 1.38 bits per heavy atom. The Kier molecular flexibility index (Phi) is 17.8. The molecule has 21 heavy (non-hydrogen) atoms. The monoisotopic (exact) mass is 346 g/mol. The van der Waals surface area contributed by atoms with E-state index in [1.165, 1.54) is 0 Å². The quantitative estimate of drug-likeness (QED) is 0.301. The van der Waals surface area contributed by atoms with Crippen LogP contribution in [0, 0.1) is 0 Å². The Morgan fingerprint density at radius 1 is 0.905 bits per heavy atom. The molecular weight excluding hydrogens is 315 g/mol. The minimum Gasteiger partial charge on any atom is -0.748 e. The molecule has 0 bridgehead atoms. The molecule has 0 aliphatic rings. The Balaban J connectivity index is 0. The van der Waals surface area contributed by atoms with E-state index in [4.69, 9.17) is 0 Å². The first-order chi connectivity index (χ1) is 9.41. The fourth-order valence-corrected chi connectivity index (χ4v) is 3.32. The van der Waals surface area contributed by atoms with Crippen molar-refractivity contribution < 1.29 is 69.5 Å². The fraction of sp³-hybridized carbons (Fsp3) is 1.00. The first kappa shape index (κ1) is 24.8. The summed E-state index contributed by atoms with van der Waals surface area (Å²) in [7, 11) is -4.29. The van der Waals surface area contributed by atoms with E-state index in [2.05, 4.69) is 13.8 Å². The van der Waals surface area contributed by atoms with E-state index in [9.17, 15) is 18.1 Å². The summed E-state index contributed by atoms with van der Waals surface area (Å²) in [5.74, 6) is 0. The van der Waals surface area contributed by atoms with Gasteiger partial charge in [0.15, 0.2) is 0 Å². The summed E-state index contributed by atoms with van der Waals surface area (Å²) in [5.41, 5.74) is 0. The molecule has 0 rings (SSSR count). The average Bonchev–Trinajstić information content (AvgIpc) is 2.37. The van der Waals surface area contributed by atoms with E-state index in [0.717, 1.165) is 51.4 Å². The summed E-state index contributed by atoms with van der Waals surface area (Å²) >= 11 is 0. The van der Waals surface area contributed by atoms with Crippen molar-refractivity contribution in [1.82, 2.24) is 0 Å². The van der Waals surface area contributed by atoms with E-state index in [-0.39, 0.29) is 57.8 Å². The molecule has 0 fully saturated rings. The van der Waals surface area contributed by atoms with Crippen molar-refractivity contribution in [1.29, 1.82) is 0 Å². The van der Waals surface area contributed by atoms with Crippen LogP contribution in [0.3, 0.4) is 0 Å². The molecule has 0 saturated heterocycles. The molecular formula is C15H31KO4S. The van der Waals surface area contributed by atoms with Gasteiger partial charge in [-0.1, -0.05) is 65.2 Å². The van der Waals surface area contributed by atoms with Crippen LogP contribution in [0.5, 0.6) is 0 Å². The minimum absolute atomic E-state index is 0. The number of hydrogen-bond donors (Lipinski definition) is 1. The van der Waals surface area contributed by atoms with Crippen LogP contribution in [0.25, 0.3) is 0 Å². The molecule has 0 spiro atoms. The Bertz CT molecular complexity index is 320. The van der Waals surface area contributed by atoms with Crippen molar-refractivity contribution in [3.8, 4) is 0 Å². The predicted molar refractivity (Wildman–Crippen MR) is 81.6 cm³/mol. The average molecular weight is 347 g/mol. The van der Waals surface area contributed by atoms with Gasteiger partial charge in [-0.05, 0) is 19.3 Å². The van der Waals surface area contributed by atoms with E-state index in [0.29, 0.717) is 12.8 Å². The Morgan fingerprint density at radius 3 is 1.81 bits per heavy atom. The largest absolute Gasteiger partial charge is 1.00 e. The zero-order valence-corrected chi connectivity index (χ0v) is 18.0. The maximum absolute atomic E-state index is 11.2. The van der Waals surface area contributed by atoms with Gasteiger partial charge in [0.05, 0.1) is 21.5 Å². The van der Waals surface area contributed by atoms with Gasteiger partial charge in [0.25, 0.3) is 0 Å². The SMILES string of the molecule is CCCCCCC(O)CC(CCCCCC)S(=O)(=O)[O-].[K+]. The molecule has 0 saturated carbocycles. The summed E-state index contributed by atoms with van der Waals surface area (Å²) in [6, 6.07) is 0. The molecule has 0 radical (unpaired) electrons. The van der Waals surface area contributed by atoms with Gasteiger partial charge in [0.2, 0.25) is 0 Å². The molecule has 2 atom stereocenters. The molecule has 0 aliphatic carbocycles. The molecule has 1 N–H and O–H groups in total. The molecule has 0 aliphatic heterocycles. The van der Waals surface area contributed by atoms with Crippen LogP contribution < -0.4 is 51.4 Å². The molecule has 0 aromatic rings. The van der Waals surface area contributed by atoms with Gasteiger partial charge in [-0.3, -0.25) is 0 Å². The minimum atomic E-state index is -4.29. The van der Waals surface area contributed by atoms with Crippen LogP contribution >= 0.6 is 0 Å². The van der Waals surface area contributed by atoms with Gasteiger partial charge in [0, 0.05) is 0 Å². The third kappa shape index (κ3) is 14.8. The third-order valence-electron chi connectivity index (χ3n) is 3.71. The topological polar surface area (TPSA) is 77.4 Å². The van der Waals surface area contributed by atoms with E-state index in [1.807, 2.05) is 0 Å². The molecule has 4 nitrogen and oxygen atoms in total. The van der Waals surface area contributed by atoms with Gasteiger partial charge in [-0.25, -0.2) is 8.42 Å². The van der Waals surface area contributed by atoms with Crippen LogP contribution in [0.1, 0.15) is 84.5 Å². The first-order valence-corrected chi connectivity index (χ1v) is 9.51. The number of unbranched alkanes of at least 4 members (excludes halogenated alkanes) is 6. The Hall–Kier alpha value is 1.51. The summed E-state index contributed by atoms with van der Waals surface area (Å²) in [6.45, 7) is 4.20. The molecule has 0 amide bonds. The zero-order valence-electron chi connectivity index (χ0n) is 14.0. The third-order valence-corrected chi connectivity index (χ3v) is 4.96. The summed E-state index contributed by atoms with van der Waals surface area (Å²) in [4.78, 5) is 0. The summed E-state index contributed by atoms with van der Waals surface area (Å²) in [6.07, 6.45) is 8.49. The second-order valence-corrected chi connectivity index (χ2v) is 7.36. The summed E-state index contributed by atoms with van der Waals surface area (Å²) in [5, 5.41) is 8.97. The van der Waals surface area contributed by atoms with Crippen molar-refractivity contribution >= 4 is 10.1 Å². The molecule has 2 unspecified atom stereocenters. The first-order valence-electron chi connectivity index (χ1n) is 8.04. The van der Waals surface area contributed by atoms with Crippen LogP contribution in [0.4, 0.5) is 0 Å². The maximum Gasteiger partial charge on any atom is 1.00 e. The zero-order chi connectivity index (χ0) is 15.4. The normalized spacial score (nSPS) is 14.5. The van der Waals surface area contributed by atoms with Crippen molar-refractivity contribution in [3.63, 3.8) is 0 Å². The van der Waals surface area contributed by atoms with Gasteiger partial charge < -0.3 is 9.66 Å². The van der Waals surface area contributed by atoms with Crippen LogP contribution in [-0.4, -0.2) is 29.4 Å². The fourth-order valence-electron chi connectivity index (χ4n) is 2.41. The van der Waals surface area contributed by atoms with Gasteiger partial charge in [-0.15, -0.1) is 0 Å². The smallest absolute Gasteiger partial charge is 0.748 e. The molecule has 0 heterocycles. The second kappa shape index (κ2) is 15.1. The van der Waals surface area contributed by atoms with Crippen molar-refractivity contribution in [2.24, 2.45) is 0 Å². The van der Waals surface area contributed by atoms with E-state index >= 15 is 0 Å². The van der Waals surface area contributed by atoms with Gasteiger partial charge in [-0.2, -0.15) is 0 Å². The van der Waals surface area contributed by atoms with Crippen LogP contribution in [-0.2, 0) is 10.1 Å². The van der Waals surface area contributed by atoms with Crippen molar-refractivity contribution in [2.45, 2.75) is 95.8 Å². The van der Waals surface area contributed by atoms with Gasteiger partial charge >= 0.3 is 51.4 Å². The molecule has 122 valence electrons. The number of aliphatic hydroxyl groups is 1. The van der Waals surface area contributed by atoms with Crippen LogP contribution in [0.2, 0.25) is 0 Å². The van der Waals surface area contributed by atoms with Crippen LogP contribution in [0.15, 0.2) is 0 Å². The van der Waals surface area contributed by atoms with E-state index in [1.54, 1.807) is 0 Å². The second-order valence-electron chi connectivity index (χ2n) is 5.70. The molecule has 0 aromatic carbocycles. The standard InChI is InChI=1S/C15H32O4S.K/c1-3-5-7-9-11-14(16)13-15(20(17,18)19)12-10-8-6-4-2;/h14-16H,3-13H2,1-2H3,(H,17,18,19);/q;+1/p-1. The molecule has 6 heteroatoms. The van der Waals surface area contributed by atoms with Gasteiger partial charge in [0.1, 0.15) is 0 Å². The Labute approximate surface area is 173 Å². The van der Waals surface area contributed by atoms with Crippen molar-refractivity contribution in [3.05, 3.63) is 0 Å².